The molecule has 0 radical (unpaired) electrons. The Morgan fingerprint density at radius 2 is 2.00 bits per heavy atom. The van der Waals surface area contributed by atoms with Crippen LogP contribution in [0.25, 0.3) is 0 Å². The van der Waals surface area contributed by atoms with Crippen LogP contribution in [-0.2, 0) is 13.6 Å². The topological polar surface area (TPSA) is 60.8 Å². The lowest BCUT2D eigenvalue weighted by atomic mass is 10.1. The maximum atomic E-state index is 12.4. The van der Waals surface area contributed by atoms with Crippen molar-refractivity contribution in [2.75, 3.05) is 13.8 Å². The quantitative estimate of drug-likeness (QED) is 0.859. The third-order valence-corrected chi connectivity index (χ3v) is 3.54. The van der Waals surface area contributed by atoms with Gasteiger partial charge in [0.25, 0.3) is 5.91 Å². The van der Waals surface area contributed by atoms with Crippen LogP contribution in [-0.4, -0.2) is 29.2 Å². The number of hydrogen-bond acceptors (Lipinski definition) is 4. The fourth-order valence-electron chi connectivity index (χ4n) is 2.33. The van der Waals surface area contributed by atoms with E-state index in [1.165, 1.54) is 10.6 Å². The smallest absolute Gasteiger partial charge is 0.255 e. The summed E-state index contributed by atoms with van der Waals surface area (Å²) in [7, 11) is 3.34. The molecular formula is C16H16N2O4. The number of ether oxygens (including phenoxy) is 2. The van der Waals surface area contributed by atoms with Crippen LogP contribution in [0.4, 0.5) is 0 Å². The van der Waals surface area contributed by atoms with Crippen LogP contribution in [0.15, 0.2) is 41.3 Å². The summed E-state index contributed by atoms with van der Waals surface area (Å²) in [6.07, 6.45) is 1.54. The third-order valence-electron chi connectivity index (χ3n) is 3.54. The summed E-state index contributed by atoms with van der Waals surface area (Å²) in [6.45, 7) is 0.671. The van der Waals surface area contributed by atoms with Gasteiger partial charge in [-0.15, -0.1) is 0 Å². The SMILES string of the molecule is CN(Cc1ccc2c(c1)OCO2)C(=O)c1ccc(=O)n(C)c1. The summed E-state index contributed by atoms with van der Waals surface area (Å²) < 4.78 is 12.0. The van der Waals surface area contributed by atoms with Crippen molar-refractivity contribution in [1.29, 1.82) is 0 Å². The number of rotatable bonds is 3. The maximum absolute atomic E-state index is 12.4. The minimum atomic E-state index is -0.145. The number of benzene rings is 1. The molecule has 1 aromatic heterocycles. The molecule has 6 heteroatoms. The molecular weight excluding hydrogens is 284 g/mol. The Balaban J connectivity index is 1.76. The second-order valence-electron chi connectivity index (χ2n) is 5.22. The zero-order valence-corrected chi connectivity index (χ0v) is 12.4. The Kier molecular flexibility index (Phi) is 3.58. The van der Waals surface area contributed by atoms with Crippen molar-refractivity contribution in [2.45, 2.75) is 6.54 Å². The van der Waals surface area contributed by atoms with Crippen LogP contribution in [0.1, 0.15) is 15.9 Å². The van der Waals surface area contributed by atoms with Crippen molar-refractivity contribution < 1.29 is 14.3 Å². The number of aromatic nitrogens is 1. The molecule has 2 aromatic rings. The van der Waals surface area contributed by atoms with Crippen LogP contribution >= 0.6 is 0 Å². The molecule has 0 unspecified atom stereocenters. The molecule has 1 aliphatic heterocycles. The highest BCUT2D eigenvalue weighted by atomic mass is 16.7. The lowest BCUT2D eigenvalue weighted by Gasteiger charge is -2.17. The summed E-state index contributed by atoms with van der Waals surface area (Å²) in [5.74, 6) is 1.27. The lowest BCUT2D eigenvalue weighted by molar-refractivity contribution is 0.0784. The Hall–Kier alpha value is -2.76. The molecule has 3 rings (SSSR count). The first-order valence-electron chi connectivity index (χ1n) is 6.85. The zero-order valence-electron chi connectivity index (χ0n) is 12.4. The number of amides is 1. The average Bonchev–Trinajstić information content (AvgIpc) is 2.97. The minimum Gasteiger partial charge on any atom is -0.454 e. The summed E-state index contributed by atoms with van der Waals surface area (Å²) >= 11 is 0. The van der Waals surface area contributed by atoms with Gasteiger partial charge in [0, 0.05) is 32.9 Å². The van der Waals surface area contributed by atoms with Crippen molar-refractivity contribution in [3.63, 3.8) is 0 Å². The second-order valence-corrected chi connectivity index (χ2v) is 5.22. The van der Waals surface area contributed by atoms with E-state index in [0.717, 1.165) is 11.3 Å². The largest absolute Gasteiger partial charge is 0.454 e. The lowest BCUT2D eigenvalue weighted by Crippen LogP contribution is -2.28. The average molecular weight is 300 g/mol. The highest BCUT2D eigenvalue weighted by Gasteiger charge is 2.16. The molecule has 0 spiro atoms. The van der Waals surface area contributed by atoms with Crippen LogP contribution in [0.2, 0.25) is 0 Å². The van der Waals surface area contributed by atoms with Gasteiger partial charge in [-0.25, -0.2) is 0 Å². The van der Waals surface area contributed by atoms with Gasteiger partial charge < -0.3 is 18.9 Å². The molecule has 1 aromatic carbocycles. The number of carbonyl (C=O) groups is 1. The van der Waals surface area contributed by atoms with Gasteiger partial charge in [-0.05, 0) is 23.8 Å². The molecule has 0 saturated carbocycles. The number of nitrogens with zero attached hydrogens (tertiary/aromatic N) is 2. The predicted molar refractivity (Wildman–Crippen MR) is 80.0 cm³/mol. The van der Waals surface area contributed by atoms with E-state index in [2.05, 4.69) is 0 Å². The number of carbonyl (C=O) groups excluding carboxylic acids is 1. The molecule has 2 heterocycles. The van der Waals surface area contributed by atoms with Crippen LogP contribution < -0.4 is 15.0 Å². The van der Waals surface area contributed by atoms with E-state index >= 15 is 0 Å². The number of pyridine rings is 1. The zero-order chi connectivity index (χ0) is 15.7. The molecule has 0 fully saturated rings. The Bertz CT molecular complexity index is 782. The summed E-state index contributed by atoms with van der Waals surface area (Å²) in [5, 5.41) is 0. The van der Waals surface area contributed by atoms with Crippen molar-refractivity contribution in [3.05, 3.63) is 58.0 Å². The van der Waals surface area contributed by atoms with E-state index in [9.17, 15) is 9.59 Å². The highest BCUT2D eigenvalue weighted by Crippen LogP contribution is 2.32. The monoisotopic (exact) mass is 300 g/mol. The number of fused-ring (bicyclic) bond motifs is 1. The van der Waals surface area contributed by atoms with Crippen LogP contribution in [0, 0.1) is 0 Å². The van der Waals surface area contributed by atoms with E-state index in [1.54, 1.807) is 31.3 Å². The van der Waals surface area contributed by atoms with Crippen LogP contribution in [0.3, 0.4) is 0 Å². The van der Waals surface area contributed by atoms with E-state index in [-0.39, 0.29) is 18.3 Å². The highest BCUT2D eigenvalue weighted by molar-refractivity contribution is 5.93. The molecule has 1 amide bonds. The Morgan fingerprint density at radius 1 is 1.23 bits per heavy atom. The van der Waals surface area contributed by atoms with Crippen molar-refractivity contribution in [2.24, 2.45) is 7.05 Å². The van der Waals surface area contributed by atoms with Gasteiger partial charge >= 0.3 is 0 Å². The van der Waals surface area contributed by atoms with Gasteiger partial charge in [-0.1, -0.05) is 6.07 Å². The molecule has 0 saturated heterocycles. The van der Waals surface area contributed by atoms with E-state index in [0.29, 0.717) is 17.9 Å². The fourth-order valence-corrected chi connectivity index (χ4v) is 2.33. The molecule has 22 heavy (non-hydrogen) atoms. The first-order valence-corrected chi connectivity index (χ1v) is 6.85. The van der Waals surface area contributed by atoms with Crippen molar-refractivity contribution in [3.8, 4) is 11.5 Å². The molecule has 0 aliphatic carbocycles. The van der Waals surface area contributed by atoms with E-state index in [1.807, 2.05) is 18.2 Å². The van der Waals surface area contributed by atoms with Crippen molar-refractivity contribution in [1.82, 2.24) is 9.47 Å². The summed E-state index contributed by atoms with van der Waals surface area (Å²) in [4.78, 5) is 25.4. The Morgan fingerprint density at radius 3 is 2.77 bits per heavy atom. The Labute approximate surface area is 127 Å². The van der Waals surface area contributed by atoms with Gasteiger partial charge in [0.05, 0.1) is 5.56 Å². The molecule has 114 valence electrons. The molecule has 0 atom stereocenters. The predicted octanol–water partition coefficient (Wildman–Crippen LogP) is 1.39. The molecule has 6 nitrogen and oxygen atoms in total. The molecule has 0 bridgehead atoms. The molecule has 0 N–H and O–H groups in total. The van der Waals surface area contributed by atoms with Crippen molar-refractivity contribution >= 4 is 5.91 Å². The van der Waals surface area contributed by atoms with Crippen LogP contribution in [0.5, 0.6) is 11.5 Å². The van der Waals surface area contributed by atoms with E-state index < -0.39 is 0 Å². The van der Waals surface area contributed by atoms with Gasteiger partial charge in [-0.2, -0.15) is 0 Å². The molecule has 1 aliphatic rings. The third kappa shape index (κ3) is 2.67. The maximum Gasteiger partial charge on any atom is 0.255 e. The van der Waals surface area contributed by atoms with Gasteiger partial charge in [0.15, 0.2) is 11.5 Å². The van der Waals surface area contributed by atoms with E-state index in [4.69, 9.17) is 9.47 Å². The second kappa shape index (κ2) is 5.55. The van der Waals surface area contributed by atoms with Gasteiger partial charge in [0.2, 0.25) is 12.4 Å². The normalized spacial score (nSPS) is 12.3. The van der Waals surface area contributed by atoms with Gasteiger partial charge in [-0.3, -0.25) is 9.59 Å². The summed E-state index contributed by atoms with van der Waals surface area (Å²) in [6, 6.07) is 8.54. The standard InChI is InChI=1S/C16H16N2O4/c1-17-9-12(4-6-15(17)19)16(20)18(2)8-11-3-5-13-14(7-11)22-10-21-13/h3-7,9H,8,10H2,1-2H3. The van der Waals surface area contributed by atoms with Gasteiger partial charge in [0.1, 0.15) is 0 Å². The first-order chi connectivity index (χ1) is 10.5. The number of aryl methyl sites for hydroxylation is 1. The summed E-state index contributed by atoms with van der Waals surface area (Å²) in [5.41, 5.74) is 1.28. The number of hydrogen-bond donors (Lipinski definition) is 0. The fraction of sp³-hybridized carbons (Fsp3) is 0.250. The first kappa shape index (κ1) is 14.2. The minimum absolute atomic E-state index is 0.144.